The fourth-order valence-corrected chi connectivity index (χ4v) is 2.86. The van der Waals surface area contributed by atoms with Gasteiger partial charge in [-0.25, -0.2) is 9.69 Å². The summed E-state index contributed by atoms with van der Waals surface area (Å²) < 4.78 is 5.64. The van der Waals surface area contributed by atoms with Crippen LogP contribution >= 0.6 is 15.9 Å². The number of imide groups is 2. The third-order valence-corrected chi connectivity index (χ3v) is 4.18. The second-order valence-corrected chi connectivity index (χ2v) is 6.28. The lowest BCUT2D eigenvalue weighted by molar-refractivity contribution is -0.122. The molecule has 0 radical (unpaired) electrons. The minimum Gasteiger partial charge on any atom is -0.504 e. The van der Waals surface area contributed by atoms with Crippen molar-refractivity contribution in [2.24, 2.45) is 0 Å². The van der Waals surface area contributed by atoms with Crippen LogP contribution in [0, 0.1) is 0 Å². The van der Waals surface area contributed by atoms with Gasteiger partial charge in [-0.05, 0) is 42.0 Å². The van der Waals surface area contributed by atoms with E-state index in [0.29, 0.717) is 15.7 Å². The molecule has 1 fully saturated rings. The van der Waals surface area contributed by atoms with Crippen molar-refractivity contribution in [3.8, 4) is 11.5 Å². The summed E-state index contributed by atoms with van der Waals surface area (Å²) in [6.45, 7) is 0. The van der Waals surface area contributed by atoms with Gasteiger partial charge in [-0.2, -0.15) is 0 Å². The summed E-state index contributed by atoms with van der Waals surface area (Å²) in [7, 11) is 1.41. The van der Waals surface area contributed by atoms with Crippen molar-refractivity contribution < 1.29 is 24.2 Å². The fraction of sp³-hybridized carbons (Fsp3) is 0.0556. The zero-order chi connectivity index (χ0) is 18.8. The number of benzene rings is 2. The highest BCUT2D eigenvalue weighted by molar-refractivity contribution is 9.10. The molecule has 8 heteroatoms. The maximum atomic E-state index is 12.7. The largest absolute Gasteiger partial charge is 0.504 e. The number of aromatic hydroxyl groups is 1. The van der Waals surface area contributed by atoms with Crippen molar-refractivity contribution in [2.75, 3.05) is 12.0 Å². The number of halogens is 1. The maximum absolute atomic E-state index is 12.7. The summed E-state index contributed by atoms with van der Waals surface area (Å²) in [5.41, 5.74) is 0.498. The molecule has 0 aliphatic carbocycles. The van der Waals surface area contributed by atoms with Crippen LogP contribution in [0.1, 0.15) is 5.56 Å². The Kier molecular flexibility index (Phi) is 4.77. The SMILES string of the molecule is COc1ccc(C=C2C(=O)NC(=O)N(c3cccc(Br)c3)C2=O)cc1O. The lowest BCUT2D eigenvalue weighted by Gasteiger charge is -2.26. The van der Waals surface area contributed by atoms with Gasteiger partial charge in [-0.15, -0.1) is 0 Å². The molecule has 1 saturated heterocycles. The summed E-state index contributed by atoms with van der Waals surface area (Å²) in [5.74, 6) is -1.43. The average Bonchev–Trinajstić information content (AvgIpc) is 2.58. The molecule has 3 rings (SSSR count). The number of amides is 4. The van der Waals surface area contributed by atoms with Crippen LogP contribution in [0.4, 0.5) is 10.5 Å². The summed E-state index contributed by atoms with van der Waals surface area (Å²) >= 11 is 3.28. The minimum atomic E-state index is -0.826. The van der Waals surface area contributed by atoms with E-state index < -0.39 is 17.8 Å². The molecule has 1 aliphatic rings. The first-order valence-corrected chi connectivity index (χ1v) is 8.24. The van der Waals surface area contributed by atoms with Gasteiger partial charge in [0.25, 0.3) is 11.8 Å². The van der Waals surface area contributed by atoms with Crippen molar-refractivity contribution in [3.05, 3.63) is 58.1 Å². The van der Waals surface area contributed by atoms with Crippen molar-refractivity contribution in [2.45, 2.75) is 0 Å². The van der Waals surface area contributed by atoms with Crippen molar-refractivity contribution in [1.29, 1.82) is 0 Å². The first-order valence-electron chi connectivity index (χ1n) is 7.44. The van der Waals surface area contributed by atoms with E-state index in [2.05, 4.69) is 21.2 Å². The topological polar surface area (TPSA) is 95.9 Å². The van der Waals surface area contributed by atoms with Crippen molar-refractivity contribution >= 4 is 45.5 Å². The Morgan fingerprint density at radius 3 is 2.58 bits per heavy atom. The molecule has 132 valence electrons. The van der Waals surface area contributed by atoms with Crippen LogP contribution in [0.2, 0.25) is 0 Å². The quantitative estimate of drug-likeness (QED) is 0.592. The van der Waals surface area contributed by atoms with Crippen LogP contribution in [0.25, 0.3) is 6.08 Å². The number of carbonyl (C=O) groups is 3. The summed E-state index contributed by atoms with van der Waals surface area (Å²) in [5, 5.41) is 12.0. The van der Waals surface area contributed by atoms with Gasteiger partial charge in [0.2, 0.25) is 0 Å². The Labute approximate surface area is 157 Å². The van der Waals surface area contributed by atoms with Crippen LogP contribution in [-0.4, -0.2) is 30.1 Å². The summed E-state index contributed by atoms with van der Waals surface area (Å²) in [6, 6.07) is 10.2. The van der Waals surface area contributed by atoms with Gasteiger partial charge < -0.3 is 9.84 Å². The number of nitrogens with one attached hydrogen (secondary N) is 1. The third-order valence-electron chi connectivity index (χ3n) is 3.68. The lowest BCUT2D eigenvalue weighted by Crippen LogP contribution is -2.54. The normalized spacial score (nSPS) is 16.0. The number of phenolic OH excluding ortho intramolecular Hbond substituents is 1. The van der Waals surface area contributed by atoms with E-state index in [1.165, 1.54) is 25.3 Å². The van der Waals surface area contributed by atoms with Gasteiger partial charge >= 0.3 is 6.03 Å². The first kappa shape index (κ1) is 17.7. The molecule has 0 bridgehead atoms. The highest BCUT2D eigenvalue weighted by Gasteiger charge is 2.36. The maximum Gasteiger partial charge on any atom is 0.335 e. The number of carbonyl (C=O) groups excluding carboxylic acids is 3. The molecule has 2 aromatic rings. The minimum absolute atomic E-state index is 0.134. The van der Waals surface area contributed by atoms with E-state index in [1.54, 1.807) is 30.3 Å². The lowest BCUT2D eigenvalue weighted by atomic mass is 10.1. The van der Waals surface area contributed by atoms with Crippen molar-refractivity contribution in [3.63, 3.8) is 0 Å². The fourth-order valence-electron chi connectivity index (χ4n) is 2.47. The molecule has 2 aromatic carbocycles. The van der Waals surface area contributed by atoms with E-state index in [4.69, 9.17) is 4.74 Å². The first-order chi connectivity index (χ1) is 12.4. The Balaban J connectivity index is 2.01. The van der Waals surface area contributed by atoms with E-state index in [1.807, 2.05) is 0 Å². The van der Waals surface area contributed by atoms with Gasteiger partial charge in [-0.3, -0.25) is 14.9 Å². The molecule has 2 N–H and O–H groups in total. The zero-order valence-corrected chi connectivity index (χ0v) is 15.1. The van der Waals surface area contributed by atoms with Gasteiger partial charge in [0.15, 0.2) is 11.5 Å². The van der Waals surface area contributed by atoms with Gasteiger partial charge in [0.05, 0.1) is 12.8 Å². The van der Waals surface area contributed by atoms with E-state index in [-0.39, 0.29) is 17.1 Å². The molecular weight excluding hydrogens is 404 g/mol. The molecule has 0 atom stereocenters. The third kappa shape index (κ3) is 3.31. The van der Waals surface area contributed by atoms with Gasteiger partial charge in [0, 0.05) is 4.47 Å². The number of nitrogens with zero attached hydrogens (tertiary/aromatic N) is 1. The summed E-state index contributed by atoms with van der Waals surface area (Å²) in [6.07, 6.45) is 1.30. The number of ether oxygens (including phenoxy) is 1. The van der Waals surface area contributed by atoms with Gasteiger partial charge in [-0.1, -0.05) is 28.1 Å². The van der Waals surface area contributed by atoms with Crippen LogP contribution in [0.5, 0.6) is 11.5 Å². The summed E-state index contributed by atoms with van der Waals surface area (Å²) in [4.78, 5) is 37.9. The predicted octanol–water partition coefficient (Wildman–Crippen LogP) is 2.83. The van der Waals surface area contributed by atoms with Crippen molar-refractivity contribution in [1.82, 2.24) is 5.32 Å². The molecule has 7 nitrogen and oxygen atoms in total. The number of rotatable bonds is 3. The number of methoxy groups -OCH3 is 1. The Bertz CT molecular complexity index is 954. The Morgan fingerprint density at radius 1 is 1.15 bits per heavy atom. The second kappa shape index (κ2) is 7.01. The predicted molar refractivity (Wildman–Crippen MR) is 97.8 cm³/mol. The molecule has 26 heavy (non-hydrogen) atoms. The monoisotopic (exact) mass is 416 g/mol. The average molecular weight is 417 g/mol. The van der Waals surface area contributed by atoms with E-state index in [9.17, 15) is 19.5 Å². The van der Waals surface area contributed by atoms with Crippen LogP contribution < -0.4 is 15.0 Å². The Hall–Kier alpha value is -3.13. The van der Waals surface area contributed by atoms with Gasteiger partial charge in [0.1, 0.15) is 5.57 Å². The smallest absolute Gasteiger partial charge is 0.335 e. The standard InChI is InChI=1S/C18H13BrN2O5/c1-26-15-6-5-10(8-14(15)22)7-13-16(23)20-18(25)21(17(13)24)12-4-2-3-11(19)9-12/h2-9,22H,1H3,(H,20,23,25). The molecule has 0 aromatic heterocycles. The second-order valence-electron chi connectivity index (χ2n) is 5.37. The number of phenols is 1. The van der Waals surface area contributed by atoms with Crippen LogP contribution in [0.15, 0.2) is 52.5 Å². The highest BCUT2D eigenvalue weighted by Crippen LogP contribution is 2.28. The molecular formula is C18H13BrN2O5. The molecule has 0 spiro atoms. The number of urea groups is 1. The number of hydrogen-bond donors (Lipinski definition) is 2. The zero-order valence-electron chi connectivity index (χ0n) is 13.5. The van der Waals surface area contributed by atoms with Crippen LogP contribution in [0.3, 0.4) is 0 Å². The highest BCUT2D eigenvalue weighted by atomic mass is 79.9. The molecule has 1 heterocycles. The molecule has 4 amide bonds. The number of barbiturate groups is 1. The van der Waals surface area contributed by atoms with E-state index >= 15 is 0 Å². The van der Waals surface area contributed by atoms with E-state index in [0.717, 1.165) is 4.90 Å². The molecule has 0 saturated carbocycles. The number of anilines is 1. The van der Waals surface area contributed by atoms with Crippen LogP contribution in [-0.2, 0) is 9.59 Å². The number of hydrogen-bond acceptors (Lipinski definition) is 5. The molecule has 1 aliphatic heterocycles. The molecule has 0 unspecified atom stereocenters. The Morgan fingerprint density at radius 2 is 1.92 bits per heavy atom.